The molecule has 1 radical (unpaired) electrons. The Morgan fingerprint density at radius 3 is 2.50 bits per heavy atom. The van der Waals surface area contributed by atoms with Gasteiger partial charge in [0.15, 0.2) is 0 Å². The van der Waals surface area contributed by atoms with Gasteiger partial charge in [-0.2, -0.15) is 0 Å². The molecule has 0 heterocycles. The summed E-state index contributed by atoms with van der Waals surface area (Å²) in [5.74, 6) is 0. The van der Waals surface area contributed by atoms with Crippen LogP contribution in [0.4, 0.5) is 0 Å². The topological polar surface area (TPSA) is 19.9 Å². The van der Waals surface area contributed by atoms with E-state index in [1.54, 1.807) is 0 Å². The summed E-state index contributed by atoms with van der Waals surface area (Å²) in [6.45, 7) is 0.0644. The third kappa shape index (κ3) is 2.52. The first-order chi connectivity index (χ1) is 4.93. The average molecular weight is 200 g/mol. The SMILES string of the molecule is [O]CC[Se]c1ccccc1. The molecule has 0 atom stereocenters. The van der Waals surface area contributed by atoms with E-state index >= 15 is 0 Å². The van der Waals surface area contributed by atoms with E-state index in [9.17, 15) is 5.11 Å². The van der Waals surface area contributed by atoms with Gasteiger partial charge in [-0.1, -0.05) is 0 Å². The minimum atomic E-state index is 0.0644. The molecule has 0 aliphatic rings. The van der Waals surface area contributed by atoms with Gasteiger partial charge in [-0.15, -0.1) is 0 Å². The van der Waals surface area contributed by atoms with Crippen LogP contribution in [0.2, 0.25) is 5.32 Å². The predicted molar refractivity (Wildman–Crippen MR) is 42.2 cm³/mol. The Hall–Kier alpha value is -0.301. The van der Waals surface area contributed by atoms with Gasteiger partial charge < -0.3 is 0 Å². The van der Waals surface area contributed by atoms with Crippen molar-refractivity contribution in [1.82, 2.24) is 0 Å². The fraction of sp³-hybridized carbons (Fsp3) is 0.250. The van der Waals surface area contributed by atoms with Gasteiger partial charge in [0.1, 0.15) is 0 Å². The summed E-state index contributed by atoms with van der Waals surface area (Å²) in [5.41, 5.74) is 0. The van der Waals surface area contributed by atoms with E-state index in [1.165, 1.54) is 4.46 Å². The summed E-state index contributed by atoms with van der Waals surface area (Å²) in [6, 6.07) is 10.2. The Bertz CT molecular complexity index is 174. The van der Waals surface area contributed by atoms with Crippen LogP contribution in [0, 0.1) is 0 Å². The molecule has 0 amide bonds. The van der Waals surface area contributed by atoms with Crippen LogP contribution in [0.5, 0.6) is 0 Å². The van der Waals surface area contributed by atoms with Crippen molar-refractivity contribution in [3.8, 4) is 0 Å². The molecule has 0 aliphatic carbocycles. The summed E-state index contributed by atoms with van der Waals surface area (Å²) >= 11 is 0.406. The van der Waals surface area contributed by atoms with Crippen LogP contribution >= 0.6 is 0 Å². The Kier molecular flexibility index (Phi) is 3.52. The zero-order chi connectivity index (χ0) is 7.23. The van der Waals surface area contributed by atoms with Crippen molar-refractivity contribution >= 4 is 19.4 Å². The second-order valence-electron chi connectivity index (χ2n) is 1.87. The maximum atomic E-state index is 10.1. The Morgan fingerprint density at radius 2 is 1.90 bits per heavy atom. The van der Waals surface area contributed by atoms with Crippen LogP contribution in [-0.2, 0) is 5.11 Å². The van der Waals surface area contributed by atoms with Crippen LogP contribution in [0.1, 0.15) is 0 Å². The monoisotopic (exact) mass is 201 g/mol. The van der Waals surface area contributed by atoms with Gasteiger partial charge in [0.05, 0.1) is 0 Å². The minimum absolute atomic E-state index is 0.0644. The van der Waals surface area contributed by atoms with Gasteiger partial charge in [0, 0.05) is 0 Å². The van der Waals surface area contributed by atoms with Crippen LogP contribution in [0.25, 0.3) is 0 Å². The summed E-state index contributed by atoms with van der Waals surface area (Å²) in [4.78, 5) is 0. The summed E-state index contributed by atoms with van der Waals surface area (Å²) < 4.78 is 1.32. The molecule has 10 heavy (non-hydrogen) atoms. The van der Waals surface area contributed by atoms with E-state index in [4.69, 9.17) is 0 Å². The van der Waals surface area contributed by atoms with Gasteiger partial charge in [-0.3, -0.25) is 0 Å². The molecule has 1 aromatic carbocycles. The normalized spacial score (nSPS) is 9.70. The van der Waals surface area contributed by atoms with Crippen LogP contribution in [-0.4, -0.2) is 21.6 Å². The molecule has 0 spiro atoms. The first-order valence-electron chi connectivity index (χ1n) is 3.19. The van der Waals surface area contributed by atoms with Crippen LogP contribution in [0.3, 0.4) is 0 Å². The maximum absolute atomic E-state index is 10.1. The Labute approximate surface area is 67.2 Å². The van der Waals surface area contributed by atoms with Crippen molar-refractivity contribution in [2.45, 2.75) is 5.32 Å². The second kappa shape index (κ2) is 4.50. The zero-order valence-corrected chi connectivity index (χ0v) is 7.33. The molecule has 2 heteroatoms. The third-order valence-corrected chi connectivity index (χ3v) is 3.14. The molecular weight excluding hydrogens is 191 g/mol. The molecule has 0 saturated carbocycles. The Morgan fingerprint density at radius 1 is 1.20 bits per heavy atom. The third-order valence-electron chi connectivity index (χ3n) is 1.10. The van der Waals surface area contributed by atoms with Gasteiger partial charge in [-0.05, 0) is 0 Å². The van der Waals surface area contributed by atoms with Gasteiger partial charge in [0.25, 0.3) is 0 Å². The number of benzene rings is 1. The summed E-state index contributed by atoms with van der Waals surface area (Å²) in [5, 5.41) is 10.9. The molecule has 0 saturated heterocycles. The van der Waals surface area contributed by atoms with E-state index < -0.39 is 0 Å². The fourth-order valence-corrected chi connectivity index (χ4v) is 2.08. The molecule has 53 valence electrons. The van der Waals surface area contributed by atoms with E-state index in [-0.39, 0.29) is 6.61 Å². The molecule has 1 rings (SSSR count). The molecular formula is C8H9OSe. The quantitative estimate of drug-likeness (QED) is 0.645. The van der Waals surface area contributed by atoms with E-state index in [0.29, 0.717) is 15.0 Å². The van der Waals surface area contributed by atoms with Gasteiger partial charge in [0.2, 0.25) is 0 Å². The molecule has 0 bridgehead atoms. The first-order valence-corrected chi connectivity index (χ1v) is 5.26. The van der Waals surface area contributed by atoms with Gasteiger partial charge in [-0.25, -0.2) is 0 Å². The standard InChI is InChI=1S/C8H9OSe/c9-6-7-10-8-4-2-1-3-5-8/h1-5H,6-7H2. The molecule has 1 nitrogen and oxygen atoms in total. The van der Waals surface area contributed by atoms with Crippen molar-refractivity contribution < 1.29 is 5.11 Å². The van der Waals surface area contributed by atoms with Gasteiger partial charge >= 0.3 is 66.8 Å². The number of rotatable bonds is 3. The molecule has 1 aromatic rings. The van der Waals surface area contributed by atoms with Crippen LogP contribution in [0.15, 0.2) is 30.3 Å². The van der Waals surface area contributed by atoms with Crippen molar-refractivity contribution in [2.24, 2.45) is 0 Å². The molecule has 0 aliphatic heterocycles. The molecule has 0 fully saturated rings. The summed E-state index contributed by atoms with van der Waals surface area (Å²) in [6.07, 6.45) is 0. The fourth-order valence-electron chi connectivity index (χ4n) is 0.676. The number of hydrogen-bond acceptors (Lipinski definition) is 0. The first kappa shape index (κ1) is 7.80. The van der Waals surface area contributed by atoms with E-state index in [1.807, 2.05) is 18.2 Å². The average Bonchev–Trinajstić information content (AvgIpc) is 2.03. The Balaban J connectivity index is 2.43. The molecule has 0 aromatic heterocycles. The van der Waals surface area contributed by atoms with Crippen molar-refractivity contribution in [3.05, 3.63) is 30.3 Å². The molecule has 0 unspecified atom stereocenters. The van der Waals surface area contributed by atoms with Crippen LogP contribution < -0.4 is 4.46 Å². The van der Waals surface area contributed by atoms with Crippen molar-refractivity contribution in [2.75, 3.05) is 6.61 Å². The predicted octanol–water partition coefficient (Wildman–Crippen LogP) is 0.865. The molecule has 0 N–H and O–H groups in total. The zero-order valence-electron chi connectivity index (χ0n) is 5.62. The second-order valence-corrected chi connectivity index (χ2v) is 4.32. The van der Waals surface area contributed by atoms with E-state index in [0.717, 1.165) is 5.32 Å². The van der Waals surface area contributed by atoms with E-state index in [2.05, 4.69) is 12.1 Å². The number of hydrogen-bond donors (Lipinski definition) is 0. The van der Waals surface area contributed by atoms with Crippen molar-refractivity contribution in [1.29, 1.82) is 0 Å². The van der Waals surface area contributed by atoms with Crippen molar-refractivity contribution in [3.63, 3.8) is 0 Å². The summed E-state index contributed by atoms with van der Waals surface area (Å²) in [7, 11) is 0.